The molecule has 0 aromatic carbocycles. The average molecular weight is 314 g/mol. The van der Waals surface area contributed by atoms with Crippen molar-refractivity contribution in [2.75, 3.05) is 6.61 Å². The lowest BCUT2D eigenvalue weighted by molar-refractivity contribution is -0.159. The number of fused-ring (bicyclic) bond motifs is 2. The number of hydrogen-bond donors (Lipinski definition) is 1. The number of hydrogen-bond acceptors (Lipinski definition) is 7. The molecule has 2 fully saturated rings. The van der Waals surface area contributed by atoms with Gasteiger partial charge in [-0.25, -0.2) is 0 Å². The third kappa shape index (κ3) is 1.56. The molecule has 1 aliphatic heterocycles. The summed E-state index contributed by atoms with van der Waals surface area (Å²) < 4.78 is 10.6. The number of carbonyl (C=O) groups is 1. The minimum Gasteiger partial charge on any atom is -0.470 e. The average Bonchev–Trinajstić information content (AvgIpc) is 2.82. The van der Waals surface area contributed by atoms with E-state index >= 15 is 0 Å². The van der Waals surface area contributed by atoms with Crippen molar-refractivity contribution in [3.63, 3.8) is 0 Å². The van der Waals surface area contributed by atoms with Gasteiger partial charge in [0, 0.05) is 5.92 Å². The number of carbonyl (C=O) groups excluding carboxylic acids is 1. The zero-order chi connectivity index (χ0) is 17.5. The predicted molar refractivity (Wildman–Crippen MR) is 77.4 cm³/mol. The number of nitrogens with zero attached hydrogens (tertiary/aromatic N) is 3. The second-order valence-electron chi connectivity index (χ2n) is 6.06. The maximum Gasteiger partial charge on any atom is 0.313 e. The zero-order valence-corrected chi connectivity index (χ0v) is 13.3. The van der Waals surface area contributed by atoms with E-state index in [1.807, 2.05) is 25.1 Å². The first-order valence-corrected chi connectivity index (χ1v) is 7.55. The second kappa shape index (κ2) is 5.25. The number of ether oxygens (including phenoxy) is 2. The Morgan fingerprint density at radius 2 is 1.91 bits per heavy atom. The van der Waals surface area contributed by atoms with E-state index < -0.39 is 40.1 Å². The fourth-order valence-electron chi connectivity index (χ4n) is 4.26. The highest BCUT2D eigenvalue weighted by molar-refractivity contribution is 5.94. The van der Waals surface area contributed by atoms with E-state index in [9.17, 15) is 20.6 Å². The molecule has 2 aliphatic rings. The topological polar surface area (TPSA) is 131 Å². The molecule has 1 aliphatic carbocycles. The maximum absolute atomic E-state index is 12.5. The largest absolute Gasteiger partial charge is 0.470 e. The van der Waals surface area contributed by atoms with Crippen molar-refractivity contribution in [2.45, 2.75) is 39.2 Å². The van der Waals surface area contributed by atoms with Crippen molar-refractivity contribution in [1.29, 1.82) is 21.2 Å². The standard InChI is InChI=1S/C16H18N4O3/c1-4-6-10-11(12(21)22-5-2)14(3)15(7-17,8-18)16(10,9-19)13(20)23-14/h10-11,20H,4-6H2,1-3H3. The predicted octanol–water partition coefficient (Wildman–Crippen LogP) is 1.91. The molecule has 7 heteroatoms. The van der Waals surface area contributed by atoms with Gasteiger partial charge < -0.3 is 9.47 Å². The Bertz CT molecular complexity index is 669. The lowest BCUT2D eigenvalue weighted by Crippen LogP contribution is -2.48. The molecule has 0 aromatic heterocycles. The van der Waals surface area contributed by atoms with Crippen molar-refractivity contribution in [1.82, 2.24) is 0 Å². The number of nitriles is 3. The van der Waals surface area contributed by atoms with Crippen LogP contribution in [-0.4, -0.2) is 24.1 Å². The third-order valence-corrected chi connectivity index (χ3v) is 5.21. The van der Waals surface area contributed by atoms with E-state index in [0.717, 1.165) is 0 Å². The Hall–Kier alpha value is -2.59. The molecular weight excluding hydrogens is 296 g/mol. The van der Waals surface area contributed by atoms with Gasteiger partial charge in [-0.3, -0.25) is 10.2 Å². The van der Waals surface area contributed by atoms with Gasteiger partial charge in [0.2, 0.25) is 11.3 Å². The molecule has 4 atom stereocenters. The minimum absolute atomic E-state index is 0.146. The quantitative estimate of drug-likeness (QED) is 0.788. The second-order valence-corrected chi connectivity index (χ2v) is 6.06. The molecule has 1 N–H and O–H groups in total. The first-order valence-electron chi connectivity index (χ1n) is 7.55. The van der Waals surface area contributed by atoms with Crippen molar-refractivity contribution < 1.29 is 14.3 Å². The highest BCUT2D eigenvalue weighted by Gasteiger charge is 2.87. The van der Waals surface area contributed by atoms with Gasteiger partial charge in [0.25, 0.3) is 0 Å². The van der Waals surface area contributed by atoms with Crippen LogP contribution in [-0.2, 0) is 14.3 Å². The normalized spacial score (nSPS) is 36.4. The van der Waals surface area contributed by atoms with Gasteiger partial charge >= 0.3 is 5.97 Å². The zero-order valence-electron chi connectivity index (χ0n) is 13.3. The number of nitrogens with one attached hydrogen (secondary N) is 1. The van der Waals surface area contributed by atoms with Gasteiger partial charge in [0.15, 0.2) is 11.0 Å². The Balaban J connectivity index is 2.78. The Kier molecular flexibility index (Phi) is 3.83. The molecule has 0 amide bonds. The van der Waals surface area contributed by atoms with Crippen molar-refractivity contribution >= 4 is 11.9 Å². The summed E-state index contributed by atoms with van der Waals surface area (Å²) in [5, 5.41) is 37.4. The summed E-state index contributed by atoms with van der Waals surface area (Å²) in [6.45, 7) is 5.15. The monoisotopic (exact) mass is 314 g/mol. The van der Waals surface area contributed by atoms with Crippen LogP contribution in [0.15, 0.2) is 0 Å². The van der Waals surface area contributed by atoms with Crippen molar-refractivity contribution in [2.24, 2.45) is 22.7 Å². The maximum atomic E-state index is 12.5. The SMILES string of the molecule is CCCC1C(C(=O)OCC)C2(C)OC(=N)C1(C#N)C2(C#N)C#N. The molecule has 1 saturated heterocycles. The molecule has 1 saturated carbocycles. The number of rotatable bonds is 4. The lowest BCUT2D eigenvalue weighted by atomic mass is 9.62. The lowest BCUT2D eigenvalue weighted by Gasteiger charge is -2.36. The summed E-state index contributed by atoms with van der Waals surface area (Å²) in [5.41, 5.74) is -5.24. The highest BCUT2D eigenvalue weighted by Crippen LogP contribution is 2.71. The van der Waals surface area contributed by atoms with Gasteiger partial charge in [0.05, 0.1) is 24.8 Å². The molecule has 120 valence electrons. The van der Waals surface area contributed by atoms with E-state index in [-0.39, 0.29) is 6.61 Å². The van der Waals surface area contributed by atoms with Crippen LogP contribution in [0.2, 0.25) is 0 Å². The third-order valence-electron chi connectivity index (χ3n) is 5.21. The summed E-state index contributed by atoms with van der Waals surface area (Å²) >= 11 is 0. The Morgan fingerprint density at radius 3 is 2.35 bits per heavy atom. The summed E-state index contributed by atoms with van der Waals surface area (Å²) in [7, 11) is 0. The Labute approximate surface area is 134 Å². The van der Waals surface area contributed by atoms with Crippen LogP contribution in [0.1, 0.15) is 33.6 Å². The van der Waals surface area contributed by atoms with Crippen molar-refractivity contribution in [3.8, 4) is 18.2 Å². The van der Waals surface area contributed by atoms with E-state index in [2.05, 4.69) is 0 Å². The molecule has 0 aromatic rings. The molecule has 7 nitrogen and oxygen atoms in total. The molecule has 1 heterocycles. The first-order chi connectivity index (χ1) is 10.9. The highest BCUT2D eigenvalue weighted by atomic mass is 16.5. The number of esters is 1. The Morgan fingerprint density at radius 1 is 1.30 bits per heavy atom. The minimum atomic E-state index is -1.91. The van der Waals surface area contributed by atoms with Gasteiger partial charge in [-0.2, -0.15) is 15.8 Å². The van der Waals surface area contributed by atoms with E-state index in [1.165, 1.54) is 6.92 Å². The molecule has 2 bridgehead atoms. The summed E-state index contributed by atoms with van der Waals surface area (Å²) in [4.78, 5) is 12.5. The summed E-state index contributed by atoms with van der Waals surface area (Å²) in [6, 6.07) is 5.82. The molecule has 23 heavy (non-hydrogen) atoms. The van der Waals surface area contributed by atoms with E-state index in [1.54, 1.807) is 6.92 Å². The van der Waals surface area contributed by atoms with Gasteiger partial charge in [-0.05, 0) is 20.3 Å². The smallest absolute Gasteiger partial charge is 0.313 e. The van der Waals surface area contributed by atoms with Crippen LogP contribution in [0, 0.1) is 62.1 Å². The first kappa shape index (κ1) is 16.8. The van der Waals surface area contributed by atoms with Crippen LogP contribution in [0.3, 0.4) is 0 Å². The van der Waals surface area contributed by atoms with Crippen LogP contribution in [0.4, 0.5) is 0 Å². The summed E-state index contributed by atoms with van der Waals surface area (Å²) in [5.74, 6) is -2.59. The molecule has 4 unspecified atom stereocenters. The van der Waals surface area contributed by atoms with Crippen molar-refractivity contribution in [3.05, 3.63) is 0 Å². The molecular formula is C16H18N4O3. The van der Waals surface area contributed by atoms with Crippen LogP contribution < -0.4 is 0 Å². The fraction of sp³-hybridized carbons (Fsp3) is 0.688. The molecule has 0 radical (unpaired) electrons. The molecule has 0 spiro atoms. The van der Waals surface area contributed by atoms with Crippen LogP contribution in [0.5, 0.6) is 0 Å². The van der Waals surface area contributed by atoms with E-state index in [4.69, 9.17) is 14.9 Å². The van der Waals surface area contributed by atoms with Gasteiger partial charge in [-0.1, -0.05) is 13.3 Å². The van der Waals surface area contributed by atoms with Gasteiger partial charge in [0.1, 0.15) is 5.92 Å². The van der Waals surface area contributed by atoms with Crippen LogP contribution >= 0.6 is 0 Å². The van der Waals surface area contributed by atoms with E-state index in [0.29, 0.717) is 12.8 Å². The summed E-state index contributed by atoms with van der Waals surface area (Å²) in [6.07, 6.45) is 1.06. The van der Waals surface area contributed by atoms with Gasteiger partial charge in [-0.15, -0.1) is 0 Å². The fourth-order valence-corrected chi connectivity index (χ4v) is 4.26. The van der Waals surface area contributed by atoms with Crippen LogP contribution in [0.25, 0.3) is 0 Å². The molecule has 2 rings (SSSR count).